The van der Waals surface area contributed by atoms with Crippen LogP contribution in [0.2, 0.25) is 0 Å². The Balaban J connectivity index is 3.18. The molecule has 1 aromatic carbocycles. The SMILES string of the molecule is CCc1cc(F)c(CN)c(F)c1. The quantitative estimate of drug-likeness (QED) is 0.723. The summed E-state index contributed by atoms with van der Waals surface area (Å²) in [6, 6.07) is 2.65. The van der Waals surface area contributed by atoms with Crippen molar-refractivity contribution in [3.05, 3.63) is 34.9 Å². The minimum atomic E-state index is -0.547. The summed E-state index contributed by atoms with van der Waals surface area (Å²) in [6.07, 6.45) is 0.624. The molecule has 0 fully saturated rings. The molecule has 0 aliphatic heterocycles. The monoisotopic (exact) mass is 171 g/mol. The van der Waals surface area contributed by atoms with E-state index in [4.69, 9.17) is 5.73 Å². The molecule has 0 amide bonds. The highest BCUT2D eigenvalue weighted by Gasteiger charge is 2.07. The van der Waals surface area contributed by atoms with Crippen molar-refractivity contribution in [2.75, 3.05) is 0 Å². The largest absolute Gasteiger partial charge is 0.326 e. The molecule has 1 aromatic rings. The van der Waals surface area contributed by atoms with Crippen LogP contribution in [0.3, 0.4) is 0 Å². The van der Waals surface area contributed by atoms with E-state index in [9.17, 15) is 8.78 Å². The number of nitrogens with two attached hydrogens (primary N) is 1. The lowest BCUT2D eigenvalue weighted by atomic mass is 10.1. The second-order valence-electron chi connectivity index (χ2n) is 2.60. The van der Waals surface area contributed by atoms with Crippen LogP contribution in [0.4, 0.5) is 8.78 Å². The average molecular weight is 171 g/mol. The minimum absolute atomic E-state index is 0.0350. The molecule has 12 heavy (non-hydrogen) atoms. The number of benzene rings is 1. The molecule has 0 atom stereocenters. The fourth-order valence-corrected chi connectivity index (χ4v) is 1.05. The molecule has 1 rings (SSSR count). The highest BCUT2D eigenvalue weighted by molar-refractivity contribution is 5.26. The summed E-state index contributed by atoms with van der Waals surface area (Å²) in [5.41, 5.74) is 5.78. The van der Waals surface area contributed by atoms with E-state index in [1.807, 2.05) is 6.92 Å². The predicted octanol–water partition coefficient (Wildman–Crippen LogP) is 1.99. The highest BCUT2D eigenvalue weighted by atomic mass is 19.1. The summed E-state index contributed by atoms with van der Waals surface area (Å²) in [6.45, 7) is 1.75. The summed E-state index contributed by atoms with van der Waals surface area (Å²) < 4.78 is 26.0. The van der Waals surface area contributed by atoms with Gasteiger partial charge in [0.05, 0.1) is 0 Å². The summed E-state index contributed by atoms with van der Waals surface area (Å²) in [7, 11) is 0. The first-order chi connectivity index (χ1) is 5.69. The standard InChI is InChI=1S/C9H11F2N/c1-2-6-3-8(10)7(5-12)9(11)4-6/h3-4H,2,5,12H2,1H3. The van der Waals surface area contributed by atoms with Gasteiger partial charge in [-0.25, -0.2) is 8.78 Å². The second-order valence-corrected chi connectivity index (χ2v) is 2.60. The van der Waals surface area contributed by atoms with Crippen LogP contribution in [-0.2, 0) is 13.0 Å². The van der Waals surface area contributed by atoms with Crippen molar-refractivity contribution < 1.29 is 8.78 Å². The van der Waals surface area contributed by atoms with Gasteiger partial charge in [-0.2, -0.15) is 0 Å². The first kappa shape index (κ1) is 9.13. The predicted molar refractivity (Wildman–Crippen MR) is 43.6 cm³/mol. The Morgan fingerprint density at radius 3 is 2.08 bits per heavy atom. The molecule has 1 nitrogen and oxygen atoms in total. The van der Waals surface area contributed by atoms with Crippen LogP contribution in [0.5, 0.6) is 0 Å². The Morgan fingerprint density at radius 1 is 1.25 bits per heavy atom. The molecule has 0 radical (unpaired) electrons. The fraction of sp³-hybridized carbons (Fsp3) is 0.333. The summed E-state index contributed by atoms with van der Waals surface area (Å²) in [5, 5.41) is 0. The van der Waals surface area contributed by atoms with E-state index in [1.165, 1.54) is 12.1 Å². The van der Waals surface area contributed by atoms with Crippen molar-refractivity contribution in [2.24, 2.45) is 5.73 Å². The molecule has 0 aliphatic rings. The molecule has 0 aliphatic carbocycles. The van der Waals surface area contributed by atoms with Crippen molar-refractivity contribution in [3.8, 4) is 0 Å². The van der Waals surface area contributed by atoms with Crippen molar-refractivity contribution >= 4 is 0 Å². The van der Waals surface area contributed by atoms with E-state index in [2.05, 4.69) is 0 Å². The highest BCUT2D eigenvalue weighted by Crippen LogP contribution is 2.14. The average Bonchev–Trinajstić information content (AvgIpc) is 2.03. The van der Waals surface area contributed by atoms with Gasteiger partial charge in [0.25, 0.3) is 0 Å². The van der Waals surface area contributed by atoms with Crippen molar-refractivity contribution in [2.45, 2.75) is 19.9 Å². The lowest BCUT2D eigenvalue weighted by Gasteiger charge is -2.03. The number of hydrogen-bond donors (Lipinski definition) is 1. The van der Waals surface area contributed by atoms with E-state index >= 15 is 0 Å². The molecule has 3 heteroatoms. The minimum Gasteiger partial charge on any atom is -0.326 e. The Hall–Kier alpha value is -0.960. The van der Waals surface area contributed by atoms with Crippen LogP contribution >= 0.6 is 0 Å². The smallest absolute Gasteiger partial charge is 0.130 e. The third-order valence-corrected chi connectivity index (χ3v) is 1.81. The lowest BCUT2D eigenvalue weighted by Crippen LogP contribution is -2.04. The molecule has 0 heterocycles. The molecular weight excluding hydrogens is 160 g/mol. The first-order valence-corrected chi connectivity index (χ1v) is 3.86. The number of hydrogen-bond acceptors (Lipinski definition) is 1. The Bertz CT molecular complexity index is 261. The Kier molecular flexibility index (Phi) is 2.76. The molecule has 0 saturated carbocycles. The van der Waals surface area contributed by atoms with Crippen LogP contribution in [0.25, 0.3) is 0 Å². The second kappa shape index (κ2) is 3.63. The van der Waals surface area contributed by atoms with E-state index in [0.29, 0.717) is 12.0 Å². The van der Waals surface area contributed by atoms with Crippen LogP contribution in [0, 0.1) is 11.6 Å². The van der Waals surface area contributed by atoms with Gasteiger partial charge >= 0.3 is 0 Å². The summed E-state index contributed by atoms with van der Waals surface area (Å²) in [4.78, 5) is 0. The zero-order valence-corrected chi connectivity index (χ0v) is 6.90. The number of aryl methyl sites for hydroxylation is 1. The number of rotatable bonds is 2. The maximum absolute atomic E-state index is 13.0. The molecule has 2 N–H and O–H groups in total. The summed E-state index contributed by atoms with van der Waals surface area (Å²) >= 11 is 0. The van der Waals surface area contributed by atoms with Gasteiger partial charge in [0.2, 0.25) is 0 Å². The summed E-state index contributed by atoms with van der Waals surface area (Å²) in [5.74, 6) is -1.09. The van der Waals surface area contributed by atoms with Gasteiger partial charge in [0.1, 0.15) is 11.6 Å². The van der Waals surface area contributed by atoms with E-state index in [-0.39, 0.29) is 12.1 Å². The van der Waals surface area contributed by atoms with Gasteiger partial charge in [0.15, 0.2) is 0 Å². The third kappa shape index (κ3) is 1.61. The van der Waals surface area contributed by atoms with E-state index in [0.717, 1.165) is 0 Å². The number of halogens is 2. The molecule has 0 bridgehead atoms. The fourth-order valence-electron chi connectivity index (χ4n) is 1.05. The van der Waals surface area contributed by atoms with Crippen LogP contribution < -0.4 is 5.73 Å². The first-order valence-electron chi connectivity index (χ1n) is 3.86. The van der Waals surface area contributed by atoms with Gasteiger partial charge in [-0.15, -0.1) is 0 Å². The molecule has 0 unspecified atom stereocenters. The molecule has 0 saturated heterocycles. The maximum Gasteiger partial charge on any atom is 0.130 e. The molecule has 0 aromatic heterocycles. The maximum atomic E-state index is 13.0. The molecular formula is C9H11F2N. The van der Waals surface area contributed by atoms with E-state index < -0.39 is 11.6 Å². The van der Waals surface area contributed by atoms with Crippen LogP contribution in [-0.4, -0.2) is 0 Å². The van der Waals surface area contributed by atoms with E-state index in [1.54, 1.807) is 0 Å². The zero-order valence-electron chi connectivity index (χ0n) is 6.90. The molecule has 0 spiro atoms. The van der Waals surface area contributed by atoms with Gasteiger partial charge in [0, 0.05) is 12.1 Å². The van der Waals surface area contributed by atoms with Crippen molar-refractivity contribution in [1.29, 1.82) is 0 Å². The molecule has 66 valence electrons. The van der Waals surface area contributed by atoms with Gasteiger partial charge in [-0.05, 0) is 24.1 Å². The normalized spacial score (nSPS) is 10.3. The Morgan fingerprint density at radius 2 is 1.75 bits per heavy atom. The van der Waals surface area contributed by atoms with Crippen LogP contribution in [0.15, 0.2) is 12.1 Å². The third-order valence-electron chi connectivity index (χ3n) is 1.81. The lowest BCUT2D eigenvalue weighted by molar-refractivity contribution is 0.554. The van der Waals surface area contributed by atoms with Gasteiger partial charge in [-0.3, -0.25) is 0 Å². The van der Waals surface area contributed by atoms with Gasteiger partial charge in [-0.1, -0.05) is 6.92 Å². The van der Waals surface area contributed by atoms with Gasteiger partial charge < -0.3 is 5.73 Å². The topological polar surface area (TPSA) is 26.0 Å². The zero-order chi connectivity index (χ0) is 9.14. The van der Waals surface area contributed by atoms with Crippen molar-refractivity contribution in [3.63, 3.8) is 0 Å². The van der Waals surface area contributed by atoms with Crippen molar-refractivity contribution in [1.82, 2.24) is 0 Å². The van der Waals surface area contributed by atoms with Crippen LogP contribution in [0.1, 0.15) is 18.1 Å². The Labute approximate surface area is 70.2 Å².